The van der Waals surface area contributed by atoms with Gasteiger partial charge in [0.25, 0.3) is 0 Å². The Kier molecular flexibility index (Phi) is 3.78. The summed E-state index contributed by atoms with van der Waals surface area (Å²) in [7, 11) is 0. The van der Waals surface area contributed by atoms with Crippen LogP contribution in [-0.2, 0) is 4.79 Å². The van der Waals surface area contributed by atoms with Crippen molar-refractivity contribution in [2.24, 2.45) is 5.92 Å². The first kappa shape index (κ1) is 14.2. The monoisotopic (exact) mass is 302 g/mol. The van der Waals surface area contributed by atoms with Crippen molar-refractivity contribution in [3.05, 3.63) is 53.5 Å². The molecule has 1 N–H and O–H groups in total. The van der Waals surface area contributed by atoms with Gasteiger partial charge in [0.15, 0.2) is 0 Å². The number of carbonyl (C=O) groups excluding carboxylic acids is 1. The Morgan fingerprint density at radius 2 is 2.43 bits per heavy atom. The molecule has 1 saturated heterocycles. The minimum absolute atomic E-state index is 0.0652. The highest BCUT2D eigenvalue weighted by Crippen LogP contribution is 2.38. The maximum Gasteiger partial charge on any atom is 0.224 e. The first-order valence-corrected chi connectivity index (χ1v) is 7.90. The molecular weight excluding hydrogens is 284 g/mol. The standard InChI is InChI=1S/C16H18N2O2S/c1-2-16(6-4-3-5-7-16)18-11-12(10-13(18)19)14(20)15-17-8-9-21-15/h2-6,8-9,12,14,20H,1,7,10-11H2/t12-,14?,16-/m1/s1. The summed E-state index contributed by atoms with van der Waals surface area (Å²) in [6.07, 6.45) is 11.9. The van der Waals surface area contributed by atoms with Crippen molar-refractivity contribution in [3.8, 4) is 0 Å². The number of aliphatic hydroxyl groups excluding tert-OH is 1. The molecule has 0 bridgehead atoms. The summed E-state index contributed by atoms with van der Waals surface area (Å²) >= 11 is 1.42. The lowest BCUT2D eigenvalue weighted by atomic mass is 9.89. The molecule has 21 heavy (non-hydrogen) atoms. The van der Waals surface area contributed by atoms with Crippen LogP contribution in [0.1, 0.15) is 24.0 Å². The van der Waals surface area contributed by atoms with E-state index in [0.29, 0.717) is 18.0 Å². The van der Waals surface area contributed by atoms with E-state index in [0.717, 1.165) is 6.42 Å². The average molecular weight is 302 g/mol. The van der Waals surface area contributed by atoms with E-state index in [1.54, 1.807) is 6.20 Å². The van der Waals surface area contributed by atoms with E-state index in [1.807, 2.05) is 40.7 Å². The molecule has 5 heteroatoms. The lowest BCUT2D eigenvalue weighted by Gasteiger charge is -2.38. The molecule has 3 rings (SSSR count). The second-order valence-corrected chi connectivity index (χ2v) is 6.40. The molecule has 0 spiro atoms. The van der Waals surface area contributed by atoms with Crippen LogP contribution in [0.4, 0.5) is 0 Å². The van der Waals surface area contributed by atoms with Crippen LogP contribution in [0.25, 0.3) is 0 Å². The van der Waals surface area contributed by atoms with Gasteiger partial charge in [0.1, 0.15) is 11.1 Å². The summed E-state index contributed by atoms with van der Waals surface area (Å²) in [5.41, 5.74) is -0.455. The molecule has 0 aromatic carbocycles. The topological polar surface area (TPSA) is 53.4 Å². The summed E-state index contributed by atoms with van der Waals surface area (Å²) < 4.78 is 0. The Balaban J connectivity index is 1.80. The molecule has 1 aliphatic carbocycles. The average Bonchev–Trinajstić information content (AvgIpc) is 3.17. The van der Waals surface area contributed by atoms with Crippen molar-refractivity contribution in [1.82, 2.24) is 9.88 Å². The van der Waals surface area contributed by atoms with Gasteiger partial charge in [0, 0.05) is 30.5 Å². The third-order valence-corrected chi connectivity index (χ3v) is 5.08. The van der Waals surface area contributed by atoms with E-state index in [1.165, 1.54) is 11.3 Å². The Morgan fingerprint density at radius 3 is 3.05 bits per heavy atom. The van der Waals surface area contributed by atoms with Crippen LogP contribution in [0, 0.1) is 5.92 Å². The molecule has 0 radical (unpaired) electrons. The number of amides is 1. The number of likely N-dealkylation sites (tertiary alicyclic amines) is 1. The first-order chi connectivity index (χ1) is 10.2. The molecule has 1 aliphatic heterocycles. The molecule has 1 amide bonds. The van der Waals surface area contributed by atoms with Gasteiger partial charge in [-0.2, -0.15) is 0 Å². The van der Waals surface area contributed by atoms with E-state index in [-0.39, 0.29) is 11.8 Å². The maximum absolute atomic E-state index is 12.4. The minimum Gasteiger partial charge on any atom is -0.386 e. The van der Waals surface area contributed by atoms with Crippen molar-refractivity contribution < 1.29 is 9.90 Å². The highest BCUT2D eigenvalue weighted by Gasteiger charge is 2.43. The predicted molar refractivity (Wildman–Crippen MR) is 82.7 cm³/mol. The highest BCUT2D eigenvalue weighted by atomic mass is 32.1. The summed E-state index contributed by atoms with van der Waals surface area (Å²) in [6, 6.07) is 0. The van der Waals surface area contributed by atoms with E-state index in [9.17, 15) is 9.90 Å². The molecule has 2 heterocycles. The van der Waals surface area contributed by atoms with Crippen molar-refractivity contribution in [1.29, 1.82) is 0 Å². The second-order valence-electron chi connectivity index (χ2n) is 5.47. The molecule has 2 aliphatic rings. The SMILES string of the molecule is C=C[C@@]1(N2C[C@H](C(O)c3nccs3)CC2=O)C=CC=CC1. The fourth-order valence-electron chi connectivity index (χ4n) is 3.02. The Hall–Kier alpha value is -1.72. The molecule has 110 valence electrons. The summed E-state index contributed by atoms with van der Waals surface area (Å²) in [5, 5.41) is 12.9. The number of rotatable bonds is 4. The largest absolute Gasteiger partial charge is 0.386 e. The second kappa shape index (κ2) is 5.58. The molecule has 3 atom stereocenters. The number of aromatic nitrogens is 1. The van der Waals surface area contributed by atoms with Gasteiger partial charge in [-0.3, -0.25) is 4.79 Å². The van der Waals surface area contributed by atoms with Gasteiger partial charge in [0.2, 0.25) is 5.91 Å². The number of aliphatic hydroxyl groups is 1. The molecule has 4 nitrogen and oxygen atoms in total. The fourth-order valence-corrected chi connectivity index (χ4v) is 3.73. The molecule has 1 unspecified atom stereocenters. The zero-order chi connectivity index (χ0) is 14.9. The summed E-state index contributed by atoms with van der Waals surface area (Å²) in [5.74, 6) is -0.0461. The van der Waals surface area contributed by atoms with Gasteiger partial charge < -0.3 is 10.0 Å². The van der Waals surface area contributed by atoms with Crippen LogP contribution in [0.3, 0.4) is 0 Å². The lowest BCUT2D eigenvalue weighted by molar-refractivity contribution is -0.130. The molecule has 1 aromatic rings. The van der Waals surface area contributed by atoms with Crippen molar-refractivity contribution in [2.45, 2.75) is 24.5 Å². The Labute approximate surface area is 128 Å². The van der Waals surface area contributed by atoms with Gasteiger partial charge >= 0.3 is 0 Å². The number of thiazole rings is 1. The number of carbonyl (C=O) groups is 1. The van der Waals surface area contributed by atoms with Gasteiger partial charge in [-0.15, -0.1) is 17.9 Å². The molecular formula is C16H18N2O2S. The Bertz CT molecular complexity index is 593. The van der Waals surface area contributed by atoms with Gasteiger partial charge in [0.05, 0.1) is 5.54 Å². The summed E-state index contributed by atoms with van der Waals surface area (Å²) in [6.45, 7) is 4.44. The van der Waals surface area contributed by atoms with Crippen molar-refractivity contribution >= 4 is 17.2 Å². The first-order valence-electron chi connectivity index (χ1n) is 7.02. The van der Waals surface area contributed by atoms with Crippen LogP contribution in [0.5, 0.6) is 0 Å². The zero-order valence-corrected chi connectivity index (χ0v) is 12.5. The third-order valence-electron chi connectivity index (χ3n) is 4.24. The minimum atomic E-state index is -0.677. The van der Waals surface area contributed by atoms with Crippen LogP contribution < -0.4 is 0 Å². The van der Waals surface area contributed by atoms with Crippen LogP contribution >= 0.6 is 11.3 Å². The lowest BCUT2D eigenvalue weighted by Crippen LogP contribution is -2.47. The van der Waals surface area contributed by atoms with E-state index in [2.05, 4.69) is 11.6 Å². The normalized spacial score (nSPS) is 29.9. The van der Waals surface area contributed by atoms with Crippen molar-refractivity contribution in [2.75, 3.05) is 6.54 Å². The Morgan fingerprint density at radius 1 is 1.57 bits per heavy atom. The highest BCUT2D eigenvalue weighted by molar-refractivity contribution is 7.09. The van der Waals surface area contributed by atoms with Crippen LogP contribution in [0.2, 0.25) is 0 Å². The molecule has 1 aromatic heterocycles. The van der Waals surface area contributed by atoms with Gasteiger partial charge in [-0.05, 0) is 6.42 Å². The van der Waals surface area contributed by atoms with Gasteiger partial charge in [-0.25, -0.2) is 4.98 Å². The van der Waals surface area contributed by atoms with E-state index in [4.69, 9.17) is 0 Å². The number of hydrogen-bond acceptors (Lipinski definition) is 4. The van der Waals surface area contributed by atoms with Crippen LogP contribution in [0.15, 0.2) is 48.5 Å². The zero-order valence-electron chi connectivity index (χ0n) is 11.7. The van der Waals surface area contributed by atoms with E-state index < -0.39 is 11.6 Å². The quantitative estimate of drug-likeness (QED) is 0.869. The number of nitrogens with zero attached hydrogens (tertiary/aromatic N) is 2. The predicted octanol–water partition coefficient (Wildman–Crippen LogP) is 2.47. The smallest absolute Gasteiger partial charge is 0.224 e. The van der Waals surface area contributed by atoms with E-state index >= 15 is 0 Å². The van der Waals surface area contributed by atoms with Crippen molar-refractivity contribution in [3.63, 3.8) is 0 Å². The summed E-state index contributed by atoms with van der Waals surface area (Å²) in [4.78, 5) is 18.4. The van der Waals surface area contributed by atoms with Crippen LogP contribution in [-0.4, -0.2) is 33.0 Å². The number of hydrogen-bond donors (Lipinski definition) is 1. The molecule has 1 fully saturated rings. The maximum atomic E-state index is 12.4. The third kappa shape index (κ3) is 2.47. The van der Waals surface area contributed by atoms with Gasteiger partial charge in [-0.1, -0.05) is 30.4 Å². The fraction of sp³-hybridized carbons (Fsp3) is 0.375. The molecule has 0 saturated carbocycles. The number of allylic oxidation sites excluding steroid dienone is 2.